The van der Waals surface area contributed by atoms with E-state index in [1.807, 2.05) is 42.5 Å². The molecule has 17 aromatic rings. The number of furan rings is 3. The van der Waals surface area contributed by atoms with Crippen LogP contribution in [0.15, 0.2) is 244 Å². The zero-order chi connectivity index (χ0) is 50.3. The monoisotopic (exact) mass is 1000 g/mol. The first-order valence-electron chi connectivity index (χ1n) is 25.7. The summed E-state index contributed by atoms with van der Waals surface area (Å²) in [7, 11) is 0. The summed E-state index contributed by atoms with van der Waals surface area (Å²) < 4.78 is 24.9. The van der Waals surface area contributed by atoms with Crippen molar-refractivity contribution >= 4 is 119 Å². The fourth-order valence-electron chi connectivity index (χ4n) is 12.1. The highest BCUT2D eigenvalue weighted by Crippen LogP contribution is 2.47. The Hall–Kier alpha value is -10.2. The van der Waals surface area contributed by atoms with Crippen molar-refractivity contribution in [1.82, 2.24) is 19.5 Å². The van der Waals surface area contributed by atoms with Gasteiger partial charge >= 0.3 is 0 Å². The Bertz CT molecular complexity index is 5310. The van der Waals surface area contributed by atoms with Crippen LogP contribution in [0, 0.1) is 0 Å². The Labute approximate surface area is 442 Å². The van der Waals surface area contributed by atoms with Crippen molar-refractivity contribution < 1.29 is 13.3 Å². The molecule has 0 saturated heterocycles. The normalized spacial score (nSPS) is 12.2. The van der Waals surface area contributed by atoms with Crippen LogP contribution in [0.1, 0.15) is 0 Å². The summed E-state index contributed by atoms with van der Waals surface area (Å²) in [5.74, 6) is 1.67. The lowest BCUT2D eigenvalue weighted by Crippen LogP contribution is -2.00. The van der Waals surface area contributed by atoms with Crippen molar-refractivity contribution in [3.8, 4) is 62.1 Å². The Balaban J connectivity index is 0.880. The molecule has 7 nitrogen and oxygen atoms in total. The Kier molecular flexibility index (Phi) is 8.87. The van der Waals surface area contributed by atoms with Crippen molar-refractivity contribution in [2.75, 3.05) is 0 Å². The maximum Gasteiger partial charge on any atom is 0.164 e. The van der Waals surface area contributed by atoms with Crippen LogP contribution in [0.5, 0.6) is 0 Å². The molecule has 11 aromatic carbocycles. The van der Waals surface area contributed by atoms with E-state index in [-0.39, 0.29) is 0 Å². The van der Waals surface area contributed by atoms with Crippen molar-refractivity contribution in [2.45, 2.75) is 0 Å². The molecule has 0 aliphatic carbocycles. The molecule has 0 spiro atoms. The molecule has 0 fully saturated rings. The van der Waals surface area contributed by atoms with Gasteiger partial charge in [-0.15, -0.1) is 11.3 Å². The van der Waals surface area contributed by atoms with Gasteiger partial charge in [-0.3, -0.25) is 0 Å². The standard InChI is InChI=1S/C69H38N4O3S/c1-2-15-41(16-3-1)73-54-25-8-4-17-43(54)46-21-12-22-47(65(46)73)48-35-34-42(64-49-19-6-10-27-56(49)76-66(48)64)39-32-36-57-53(37-39)62-51(23-13-28-58(62)74-57)68-70-67(40-31-33-45-44-18-5-9-26-55(44)75-59(45)38-40)71-69(72-68)52-24-14-30-61-63(52)50-20-7-11-29-60(50)77-61/h1-38H. The maximum absolute atomic E-state index is 7.01. The summed E-state index contributed by atoms with van der Waals surface area (Å²) in [4.78, 5) is 16.1. The van der Waals surface area contributed by atoms with E-state index in [9.17, 15) is 0 Å². The quantitative estimate of drug-likeness (QED) is 0.165. The topological polar surface area (TPSA) is 83.0 Å². The Morgan fingerprint density at radius 2 is 0.909 bits per heavy atom. The lowest BCUT2D eigenvalue weighted by atomic mass is 9.93. The van der Waals surface area contributed by atoms with Crippen LogP contribution in [0.2, 0.25) is 0 Å². The highest BCUT2D eigenvalue weighted by molar-refractivity contribution is 7.25. The van der Waals surface area contributed by atoms with Gasteiger partial charge in [0, 0.05) is 96.8 Å². The molecule has 0 N–H and O–H groups in total. The first-order chi connectivity index (χ1) is 38.2. The third kappa shape index (κ3) is 6.27. The molecular weight excluding hydrogens is 965 g/mol. The highest BCUT2D eigenvalue weighted by atomic mass is 32.1. The van der Waals surface area contributed by atoms with Crippen molar-refractivity contribution in [3.05, 3.63) is 231 Å². The summed E-state index contributed by atoms with van der Waals surface area (Å²) in [5.41, 5.74) is 15.0. The van der Waals surface area contributed by atoms with Gasteiger partial charge in [0.15, 0.2) is 17.5 Å². The van der Waals surface area contributed by atoms with E-state index in [1.54, 1.807) is 11.3 Å². The number of rotatable bonds is 6. The number of thiophene rings is 1. The van der Waals surface area contributed by atoms with Gasteiger partial charge in [0.25, 0.3) is 0 Å². The number of hydrogen-bond acceptors (Lipinski definition) is 7. The molecule has 0 unspecified atom stereocenters. The van der Waals surface area contributed by atoms with Gasteiger partial charge < -0.3 is 17.8 Å². The second-order valence-electron chi connectivity index (χ2n) is 19.7. The van der Waals surface area contributed by atoms with E-state index in [2.05, 4.69) is 193 Å². The van der Waals surface area contributed by atoms with E-state index in [0.29, 0.717) is 17.5 Å². The minimum Gasteiger partial charge on any atom is -0.456 e. The molecular formula is C69H38N4O3S. The average Bonchev–Trinajstić information content (AvgIpc) is 4.34. The molecule has 0 aliphatic heterocycles. The van der Waals surface area contributed by atoms with E-state index in [4.69, 9.17) is 28.2 Å². The van der Waals surface area contributed by atoms with Gasteiger partial charge in [0.05, 0.1) is 11.0 Å². The third-order valence-corrected chi connectivity index (χ3v) is 16.6. The molecule has 6 aromatic heterocycles. The molecule has 8 heteroatoms. The van der Waals surface area contributed by atoms with Crippen LogP contribution in [-0.4, -0.2) is 19.5 Å². The zero-order valence-electron chi connectivity index (χ0n) is 40.9. The summed E-state index contributed by atoms with van der Waals surface area (Å²) in [5, 5.41) is 10.8. The minimum absolute atomic E-state index is 0.541. The third-order valence-electron chi connectivity index (χ3n) is 15.5. The van der Waals surface area contributed by atoms with Gasteiger partial charge in [-0.1, -0.05) is 152 Å². The van der Waals surface area contributed by atoms with Gasteiger partial charge in [0.1, 0.15) is 33.5 Å². The van der Waals surface area contributed by atoms with Gasteiger partial charge in [0.2, 0.25) is 0 Å². The number of nitrogens with zero attached hydrogens (tertiary/aromatic N) is 4. The SMILES string of the molecule is c1ccc(-n2c3ccccc3c3cccc(-c4ccc(-c5ccc6oc7cccc(-c8nc(-c9ccc%10c(c9)oc9ccccc9%10)nc(-c9cccc%10sc%11ccccc%11c9%10)n8)c7c6c5)c5c4oc4ccccc45)c32)cc1. The molecule has 6 heterocycles. The first kappa shape index (κ1) is 42.2. The van der Waals surface area contributed by atoms with Crippen LogP contribution < -0.4 is 0 Å². The fourth-order valence-corrected chi connectivity index (χ4v) is 13.2. The van der Waals surface area contributed by atoms with Gasteiger partial charge in [-0.25, -0.2) is 15.0 Å². The molecule has 77 heavy (non-hydrogen) atoms. The zero-order valence-corrected chi connectivity index (χ0v) is 41.7. The lowest BCUT2D eigenvalue weighted by molar-refractivity contribution is 0.668. The molecule has 0 aliphatic rings. The second kappa shape index (κ2) is 16.2. The number of para-hydroxylation sites is 5. The first-order valence-corrected chi connectivity index (χ1v) is 26.6. The van der Waals surface area contributed by atoms with Crippen molar-refractivity contribution in [1.29, 1.82) is 0 Å². The fraction of sp³-hybridized carbons (Fsp3) is 0. The smallest absolute Gasteiger partial charge is 0.164 e. The molecule has 0 atom stereocenters. The van der Waals surface area contributed by atoms with Crippen LogP contribution in [0.3, 0.4) is 0 Å². The Morgan fingerprint density at radius 3 is 1.78 bits per heavy atom. The van der Waals surface area contributed by atoms with Crippen molar-refractivity contribution in [3.63, 3.8) is 0 Å². The molecule has 0 radical (unpaired) electrons. The highest BCUT2D eigenvalue weighted by Gasteiger charge is 2.25. The number of aromatic nitrogens is 4. The summed E-state index contributed by atoms with van der Waals surface area (Å²) in [6, 6.07) is 80.8. The van der Waals surface area contributed by atoms with Gasteiger partial charge in [-0.05, 0) is 90.0 Å². The molecule has 17 rings (SSSR count). The summed E-state index contributed by atoms with van der Waals surface area (Å²) in [6.07, 6.45) is 0. The van der Waals surface area contributed by atoms with Crippen molar-refractivity contribution in [2.24, 2.45) is 0 Å². The second-order valence-corrected chi connectivity index (χ2v) is 20.8. The lowest BCUT2D eigenvalue weighted by Gasteiger charge is -2.13. The van der Waals surface area contributed by atoms with Crippen LogP contribution in [0.25, 0.3) is 170 Å². The number of fused-ring (bicyclic) bond motifs is 15. The molecule has 358 valence electrons. The predicted molar refractivity (Wildman–Crippen MR) is 316 cm³/mol. The Morgan fingerprint density at radius 1 is 0.312 bits per heavy atom. The molecule has 0 amide bonds. The maximum atomic E-state index is 7.01. The number of benzene rings is 11. The van der Waals surface area contributed by atoms with E-state index in [1.165, 1.54) is 25.6 Å². The largest absolute Gasteiger partial charge is 0.456 e. The van der Waals surface area contributed by atoms with E-state index in [0.717, 1.165) is 127 Å². The van der Waals surface area contributed by atoms with Crippen LogP contribution in [-0.2, 0) is 0 Å². The molecule has 0 bridgehead atoms. The number of hydrogen-bond donors (Lipinski definition) is 0. The van der Waals surface area contributed by atoms with E-state index < -0.39 is 0 Å². The van der Waals surface area contributed by atoms with Crippen LogP contribution in [0.4, 0.5) is 0 Å². The van der Waals surface area contributed by atoms with E-state index >= 15 is 0 Å². The summed E-state index contributed by atoms with van der Waals surface area (Å²) >= 11 is 1.78. The molecule has 0 saturated carbocycles. The minimum atomic E-state index is 0.541. The van der Waals surface area contributed by atoms with Gasteiger partial charge in [-0.2, -0.15) is 0 Å². The van der Waals surface area contributed by atoms with Crippen LogP contribution >= 0.6 is 11.3 Å². The predicted octanol–water partition coefficient (Wildman–Crippen LogP) is 19.4. The summed E-state index contributed by atoms with van der Waals surface area (Å²) in [6.45, 7) is 0. The average molecular weight is 1000 g/mol.